The molecule has 0 bridgehead atoms. The van der Waals surface area contributed by atoms with Crippen molar-refractivity contribution in [1.82, 2.24) is 4.90 Å². The molecule has 110 valence electrons. The average molecular weight is 272 g/mol. The van der Waals surface area contributed by atoms with Gasteiger partial charge in [0.2, 0.25) is 0 Å². The summed E-state index contributed by atoms with van der Waals surface area (Å²) in [5.74, 6) is 1.53. The van der Waals surface area contributed by atoms with Crippen molar-refractivity contribution in [2.24, 2.45) is 23.0 Å². The summed E-state index contributed by atoms with van der Waals surface area (Å²) in [6.45, 7) is 8.03. The van der Waals surface area contributed by atoms with Crippen LogP contribution in [0.3, 0.4) is 0 Å². The highest BCUT2D eigenvalue weighted by Crippen LogP contribution is 2.61. The highest BCUT2D eigenvalue weighted by Gasteiger charge is 2.60. The van der Waals surface area contributed by atoms with E-state index >= 15 is 0 Å². The van der Waals surface area contributed by atoms with E-state index in [1.54, 1.807) is 0 Å². The molecule has 1 heterocycles. The smallest absolute Gasteiger partial charge is 0.0236 e. The largest absolute Gasteiger partial charge is 0.330 e. The van der Waals surface area contributed by atoms with Gasteiger partial charge >= 0.3 is 0 Å². The van der Waals surface area contributed by atoms with Gasteiger partial charge < -0.3 is 5.73 Å². The fourth-order valence-electron chi connectivity index (χ4n) is 4.44. The second kappa shape index (κ2) is 5.50. The molecule has 1 saturated heterocycles. The van der Waals surface area contributed by atoms with Crippen LogP contribution in [0.5, 0.6) is 0 Å². The number of hydrogen-bond donors (Lipinski definition) is 1. The van der Waals surface area contributed by atoms with Crippen molar-refractivity contribution in [3.05, 3.63) is 35.9 Å². The van der Waals surface area contributed by atoms with Gasteiger partial charge in [0.25, 0.3) is 0 Å². The third kappa shape index (κ3) is 2.51. The van der Waals surface area contributed by atoms with E-state index in [4.69, 9.17) is 5.73 Å². The van der Waals surface area contributed by atoms with Gasteiger partial charge in [0.05, 0.1) is 0 Å². The Labute approximate surface area is 123 Å². The van der Waals surface area contributed by atoms with E-state index in [9.17, 15) is 0 Å². The summed E-state index contributed by atoms with van der Waals surface area (Å²) in [5.41, 5.74) is 7.88. The average Bonchev–Trinajstić information content (AvgIpc) is 3.02. The molecular weight excluding hydrogens is 244 g/mol. The molecule has 1 aromatic carbocycles. The van der Waals surface area contributed by atoms with Gasteiger partial charge in [0.15, 0.2) is 0 Å². The molecule has 1 aliphatic heterocycles. The van der Waals surface area contributed by atoms with Gasteiger partial charge in [-0.05, 0) is 48.7 Å². The minimum atomic E-state index is 0.450. The lowest BCUT2D eigenvalue weighted by molar-refractivity contribution is 0.110. The SMILES string of the molecule is CC1(C)[C@@H](CN)[C@@H]1C1CCCCN1Cc1ccccc1. The fourth-order valence-corrected chi connectivity index (χ4v) is 4.44. The Hall–Kier alpha value is -0.860. The Morgan fingerprint density at radius 3 is 2.60 bits per heavy atom. The second-order valence-electron chi connectivity index (χ2n) is 7.21. The Morgan fingerprint density at radius 2 is 1.95 bits per heavy atom. The number of nitrogens with zero attached hydrogens (tertiary/aromatic N) is 1. The van der Waals surface area contributed by atoms with E-state index in [0.29, 0.717) is 5.41 Å². The van der Waals surface area contributed by atoms with E-state index in [2.05, 4.69) is 49.1 Å². The summed E-state index contributed by atoms with van der Waals surface area (Å²) in [7, 11) is 0. The summed E-state index contributed by atoms with van der Waals surface area (Å²) in [6, 6.07) is 11.7. The molecule has 2 heteroatoms. The minimum Gasteiger partial charge on any atom is -0.330 e. The van der Waals surface area contributed by atoms with Crippen molar-refractivity contribution in [3.63, 3.8) is 0 Å². The number of benzene rings is 1. The van der Waals surface area contributed by atoms with Gasteiger partial charge in [-0.15, -0.1) is 0 Å². The zero-order valence-corrected chi connectivity index (χ0v) is 12.9. The van der Waals surface area contributed by atoms with E-state index in [-0.39, 0.29) is 0 Å². The fraction of sp³-hybridized carbons (Fsp3) is 0.667. The highest BCUT2D eigenvalue weighted by atomic mass is 15.2. The van der Waals surface area contributed by atoms with E-state index < -0.39 is 0 Å². The van der Waals surface area contributed by atoms with Crippen molar-refractivity contribution in [3.8, 4) is 0 Å². The number of rotatable bonds is 4. The molecule has 3 rings (SSSR count). The Balaban J connectivity index is 1.72. The third-order valence-electron chi connectivity index (χ3n) is 5.70. The lowest BCUT2D eigenvalue weighted by Gasteiger charge is -2.37. The van der Waals surface area contributed by atoms with E-state index in [0.717, 1.165) is 31.0 Å². The molecule has 3 atom stereocenters. The van der Waals surface area contributed by atoms with E-state index in [1.807, 2.05) is 0 Å². The normalized spacial score (nSPS) is 33.0. The molecule has 2 fully saturated rings. The maximum Gasteiger partial charge on any atom is 0.0236 e. The molecule has 0 spiro atoms. The standard InChI is InChI=1S/C18H28N2/c1-18(2)15(12-19)17(18)16-10-6-7-11-20(16)13-14-8-4-3-5-9-14/h3-5,8-9,15-17H,6-7,10-13,19H2,1-2H3/t15-,16?,17+/m0/s1. The first-order chi connectivity index (χ1) is 9.64. The van der Waals surface area contributed by atoms with Crippen LogP contribution in [-0.2, 0) is 6.54 Å². The predicted molar refractivity (Wildman–Crippen MR) is 84.3 cm³/mol. The van der Waals surface area contributed by atoms with Crippen molar-refractivity contribution in [2.45, 2.75) is 45.7 Å². The van der Waals surface area contributed by atoms with Gasteiger partial charge in [-0.25, -0.2) is 0 Å². The highest BCUT2D eigenvalue weighted by molar-refractivity contribution is 5.16. The lowest BCUT2D eigenvalue weighted by atomic mass is 9.93. The third-order valence-corrected chi connectivity index (χ3v) is 5.70. The van der Waals surface area contributed by atoms with Crippen molar-refractivity contribution in [2.75, 3.05) is 13.1 Å². The van der Waals surface area contributed by atoms with Crippen LogP contribution in [0.4, 0.5) is 0 Å². The maximum atomic E-state index is 5.99. The summed E-state index contributed by atoms with van der Waals surface area (Å²) in [5, 5.41) is 0. The summed E-state index contributed by atoms with van der Waals surface area (Å²) < 4.78 is 0. The van der Waals surface area contributed by atoms with Gasteiger partial charge in [0.1, 0.15) is 0 Å². The molecule has 1 aromatic rings. The number of piperidine rings is 1. The van der Waals surface area contributed by atoms with Crippen molar-refractivity contribution >= 4 is 0 Å². The van der Waals surface area contributed by atoms with Crippen LogP contribution in [0.15, 0.2) is 30.3 Å². The van der Waals surface area contributed by atoms with Gasteiger partial charge in [-0.1, -0.05) is 50.6 Å². The zero-order chi connectivity index (χ0) is 14.2. The molecule has 20 heavy (non-hydrogen) atoms. The van der Waals surface area contributed by atoms with Crippen molar-refractivity contribution in [1.29, 1.82) is 0 Å². The maximum absolute atomic E-state index is 5.99. The molecule has 2 N–H and O–H groups in total. The first kappa shape index (κ1) is 14.1. The number of likely N-dealkylation sites (tertiary alicyclic amines) is 1. The van der Waals surface area contributed by atoms with Crippen LogP contribution < -0.4 is 5.73 Å². The first-order valence-electron chi connectivity index (χ1n) is 8.12. The number of nitrogens with two attached hydrogens (primary N) is 1. The molecule has 2 nitrogen and oxygen atoms in total. The monoisotopic (exact) mass is 272 g/mol. The molecule has 0 amide bonds. The first-order valence-corrected chi connectivity index (χ1v) is 8.12. The predicted octanol–water partition coefficient (Wildman–Crippen LogP) is 3.27. The molecule has 1 unspecified atom stereocenters. The molecule has 0 radical (unpaired) electrons. The summed E-state index contributed by atoms with van der Waals surface area (Å²) >= 11 is 0. The van der Waals surface area contributed by atoms with Gasteiger partial charge in [0, 0.05) is 12.6 Å². The lowest BCUT2D eigenvalue weighted by Crippen LogP contribution is -2.41. The Kier molecular flexibility index (Phi) is 3.87. The summed E-state index contributed by atoms with van der Waals surface area (Å²) in [6.07, 6.45) is 4.10. The molecule has 2 aliphatic rings. The van der Waals surface area contributed by atoms with Crippen LogP contribution in [0.2, 0.25) is 0 Å². The van der Waals surface area contributed by atoms with Crippen LogP contribution in [0, 0.1) is 17.3 Å². The summed E-state index contributed by atoms with van der Waals surface area (Å²) in [4.78, 5) is 2.72. The van der Waals surface area contributed by atoms with Gasteiger partial charge in [-0.2, -0.15) is 0 Å². The van der Waals surface area contributed by atoms with Crippen LogP contribution in [0.25, 0.3) is 0 Å². The minimum absolute atomic E-state index is 0.450. The van der Waals surface area contributed by atoms with Gasteiger partial charge in [-0.3, -0.25) is 4.90 Å². The molecular formula is C18H28N2. The Bertz CT molecular complexity index is 440. The second-order valence-corrected chi connectivity index (χ2v) is 7.21. The van der Waals surface area contributed by atoms with Crippen LogP contribution in [-0.4, -0.2) is 24.0 Å². The van der Waals surface area contributed by atoms with E-state index in [1.165, 1.54) is 31.4 Å². The topological polar surface area (TPSA) is 29.3 Å². The number of hydrogen-bond acceptors (Lipinski definition) is 2. The molecule has 1 aliphatic carbocycles. The Morgan fingerprint density at radius 1 is 1.20 bits per heavy atom. The van der Waals surface area contributed by atoms with Crippen LogP contribution in [0.1, 0.15) is 38.7 Å². The quantitative estimate of drug-likeness (QED) is 0.911. The zero-order valence-electron chi connectivity index (χ0n) is 12.9. The molecule has 1 saturated carbocycles. The van der Waals surface area contributed by atoms with Crippen LogP contribution >= 0.6 is 0 Å². The van der Waals surface area contributed by atoms with Crippen molar-refractivity contribution < 1.29 is 0 Å². The molecule has 0 aromatic heterocycles.